The van der Waals surface area contributed by atoms with Crippen molar-refractivity contribution in [1.29, 1.82) is 0 Å². The van der Waals surface area contributed by atoms with Crippen LogP contribution in [-0.4, -0.2) is 55.5 Å². The average Bonchev–Trinajstić information content (AvgIpc) is 3.20. The summed E-state index contributed by atoms with van der Waals surface area (Å²) >= 11 is 1.91. The van der Waals surface area contributed by atoms with Gasteiger partial charge in [-0.2, -0.15) is 16.1 Å². The predicted octanol–water partition coefficient (Wildman–Crippen LogP) is 4.10. The van der Waals surface area contributed by atoms with Gasteiger partial charge in [-0.1, -0.05) is 24.3 Å². The molecule has 2 aliphatic heterocycles. The molecular formula is C23H28N2O3S2. The lowest BCUT2D eigenvalue weighted by atomic mass is 10.0. The van der Waals surface area contributed by atoms with Crippen LogP contribution in [0.2, 0.25) is 0 Å². The number of hydrogen-bond donors (Lipinski definition) is 0. The van der Waals surface area contributed by atoms with E-state index in [9.17, 15) is 13.2 Å². The number of thioether (sulfide) groups is 1. The van der Waals surface area contributed by atoms with Gasteiger partial charge in [0.1, 0.15) is 0 Å². The first-order chi connectivity index (χ1) is 14.5. The Balaban J connectivity index is 1.44. The Morgan fingerprint density at radius 2 is 1.67 bits per heavy atom. The molecule has 7 heteroatoms. The summed E-state index contributed by atoms with van der Waals surface area (Å²) in [5.41, 5.74) is 3.20. The Bertz CT molecular complexity index is 999. The molecule has 2 aromatic carbocycles. The summed E-state index contributed by atoms with van der Waals surface area (Å²) in [5.74, 6) is 0.873. The lowest BCUT2D eigenvalue weighted by Crippen LogP contribution is -2.33. The first-order valence-electron chi connectivity index (χ1n) is 10.5. The first-order valence-corrected chi connectivity index (χ1v) is 13.0. The van der Waals surface area contributed by atoms with E-state index in [2.05, 4.69) is 31.2 Å². The van der Waals surface area contributed by atoms with Crippen molar-refractivity contribution in [3.05, 3.63) is 65.2 Å². The zero-order chi connectivity index (χ0) is 21.1. The van der Waals surface area contributed by atoms with E-state index in [0.29, 0.717) is 37.0 Å². The molecule has 0 bridgehead atoms. The van der Waals surface area contributed by atoms with E-state index >= 15 is 0 Å². The number of carbonyl (C=O) groups excluding carboxylic acids is 1. The van der Waals surface area contributed by atoms with Crippen molar-refractivity contribution in [3.63, 3.8) is 0 Å². The normalized spacial score (nSPS) is 20.8. The highest BCUT2D eigenvalue weighted by Gasteiger charge is 2.28. The number of benzene rings is 2. The largest absolute Gasteiger partial charge is 0.338 e. The van der Waals surface area contributed by atoms with Crippen LogP contribution in [0.1, 0.15) is 46.0 Å². The molecule has 0 aliphatic carbocycles. The maximum absolute atomic E-state index is 13.0. The highest BCUT2D eigenvalue weighted by molar-refractivity contribution is 7.99. The SMILES string of the molecule is Cc1ccccc1[C@@H]1CCN(C(=O)c2ccc(S(=O)(=O)N3CCCC3)cc2)CCS1. The summed E-state index contributed by atoms with van der Waals surface area (Å²) in [6, 6.07) is 14.9. The number of rotatable bonds is 4. The van der Waals surface area contributed by atoms with Crippen LogP contribution in [0, 0.1) is 6.92 Å². The zero-order valence-corrected chi connectivity index (χ0v) is 18.9. The van der Waals surface area contributed by atoms with Crippen LogP contribution in [0.3, 0.4) is 0 Å². The molecule has 4 rings (SSSR count). The summed E-state index contributed by atoms with van der Waals surface area (Å²) in [4.78, 5) is 15.2. The number of nitrogens with zero attached hydrogens (tertiary/aromatic N) is 2. The summed E-state index contributed by atoms with van der Waals surface area (Å²) in [6.07, 6.45) is 2.74. The van der Waals surface area contributed by atoms with Gasteiger partial charge in [0.15, 0.2) is 0 Å². The number of aryl methyl sites for hydroxylation is 1. The second-order valence-corrected chi connectivity index (χ2v) is 11.2. The van der Waals surface area contributed by atoms with Gasteiger partial charge in [-0.25, -0.2) is 8.42 Å². The lowest BCUT2D eigenvalue weighted by molar-refractivity contribution is 0.0766. The van der Waals surface area contributed by atoms with E-state index in [4.69, 9.17) is 0 Å². The minimum Gasteiger partial charge on any atom is -0.338 e. The smallest absolute Gasteiger partial charge is 0.253 e. The Labute approximate surface area is 183 Å². The van der Waals surface area contributed by atoms with Crippen LogP contribution < -0.4 is 0 Å². The molecule has 0 unspecified atom stereocenters. The Kier molecular flexibility index (Phi) is 6.51. The fourth-order valence-corrected chi connectivity index (χ4v) is 7.04. The molecule has 2 aromatic rings. The number of carbonyl (C=O) groups is 1. The molecule has 0 radical (unpaired) electrons. The van der Waals surface area contributed by atoms with Crippen LogP contribution in [0.25, 0.3) is 0 Å². The second-order valence-electron chi connectivity index (χ2n) is 7.93. The van der Waals surface area contributed by atoms with E-state index in [-0.39, 0.29) is 10.8 Å². The van der Waals surface area contributed by atoms with Gasteiger partial charge in [-0.15, -0.1) is 0 Å². The molecule has 2 heterocycles. The van der Waals surface area contributed by atoms with Gasteiger partial charge in [-0.05, 0) is 61.6 Å². The predicted molar refractivity (Wildman–Crippen MR) is 121 cm³/mol. The topological polar surface area (TPSA) is 57.7 Å². The van der Waals surface area contributed by atoms with Gasteiger partial charge in [0.2, 0.25) is 10.0 Å². The van der Waals surface area contributed by atoms with Crippen molar-refractivity contribution in [3.8, 4) is 0 Å². The molecule has 2 fully saturated rings. The molecule has 0 spiro atoms. The number of amides is 1. The van der Waals surface area contributed by atoms with Gasteiger partial charge in [0.05, 0.1) is 4.90 Å². The highest BCUT2D eigenvalue weighted by atomic mass is 32.2. The molecule has 0 saturated carbocycles. The quantitative estimate of drug-likeness (QED) is 0.712. The van der Waals surface area contributed by atoms with E-state index in [0.717, 1.165) is 25.0 Å². The van der Waals surface area contributed by atoms with Crippen LogP contribution in [0.15, 0.2) is 53.4 Å². The molecule has 2 aliphatic rings. The maximum Gasteiger partial charge on any atom is 0.253 e. The average molecular weight is 445 g/mol. The Hall–Kier alpha value is -1.83. The minimum absolute atomic E-state index is 0.0221. The fraction of sp³-hybridized carbons (Fsp3) is 0.435. The van der Waals surface area contributed by atoms with Crippen LogP contribution in [0.4, 0.5) is 0 Å². The van der Waals surface area contributed by atoms with Gasteiger partial charge in [-0.3, -0.25) is 4.79 Å². The lowest BCUT2D eigenvalue weighted by Gasteiger charge is -2.21. The van der Waals surface area contributed by atoms with Crippen molar-refractivity contribution in [2.24, 2.45) is 0 Å². The third-order valence-electron chi connectivity index (χ3n) is 5.97. The molecule has 1 amide bonds. The van der Waals surface area contributed by atoms with Crippen molar-refractivity contribution in [2.45, 2.75) is 36.3 Å². The van der Waals surface area contributed by atoms with Crippen LogP contribution >= 0.6 is 11.8 Å². The van der Waals surface area contributed by atoms with Gasteiger partial charge in [0.25, 0.3) is 5.91 Å². The standard InChI is InChI=1S/C23H28N2O3S2/c1-18-6-2-3-7-21(18)22-12-15-24(16-17-29-22)23(26)19-8-10-20(11-9-19)30(27,28)25-13-4-5-14-25/h2-3,6-11,22H,4-5,12-17H2,1H3/t22-/m0/s1. The Morgan fingerprint density at radius 3 is 2.37 bits per heavy atom. The number of sulfonamides is 1. The van der Waals surface area contributed by atoms with Crippen molar-refractivity contribution in [1.82, 2.24) is 9.21 Å². The molecular weight excluding hydrogens is 416 g/mol. The summed E-state index contributed by atoms with van der Waals surface area (Å²) < 4.78 is 26.9. The zero-order valence-electron chi connectivity index (χ0n) is 17.3. The molecule has 0 aromatic heterocycles. The first kappa shape index (κ1) is 21.4. The van der Waals surface area contributed by atoms with Crippen LogP contribution in [-0.2, 0) is 10.0 Å². The van der Waals surface area contributed by atoms with Crippen LogP contribution in [0.5, 0.6) is 0 Å². The highest BCUT2D eigenvalue weighted by Crippen LogP contribution is 2.36. The molecule has 160 valence electrons. The molecule has 1 atom stereocenters. The minimum atomic E-state index is -3.45. The summed E-state index contributed by atoms with van der Waals surface area (Å²) in [6.45, 7) is 4.72. The van der Waals surface area contributed by atoms with E-state index < -0.39 is 10.0 Å². The van der Waals surface area contributed by atoms with Crippen molar-refractivity contribution >= 4 is 27.7 Å². The fourth-order valence-electron chi connectivity index (χ4n) is 4.20. The molecule has 0 N–H and O–H groups in total. The molecule has 5 nitrogen and oxygen atoms in total. The van der Waals surface area contributed by atoms with Gasteiger partial charge < -0.3 is 4.90 Å². The van der Waals surface area contributed by atoms with E-state index in [1.165, 1.54) is 15.4 Å². The molecule has 30 heavy (non-hydrogen) atoms. The third kappa shape index (κ3) is 4.43. The van der Waals surface area contributed by atoms with Gasteiger partial charge >= 0.3 is 0 Å². The summed E-state index contributed by atoms with van der Waals surface area (Å²) in [7, 11) is -3.45. The van der Waals surface area contributed by atoms with Crippen molar-refractivity contribution < 1.29 is 13.2 Å². The maximum atomic E-state index is 13.0. The van der Waals surface area contributed by atoms with Crippen molar-refractivity contribution in [2.75, 3.05) is 31.9 Å². The Morgan fingerprint density at radius 1 is 0.967 bits per heavy atom. The second kappa shape index (κ2) is 9.12. The van der Waals surface area contributed by atoms with Gasteiger partial charge in [0, 0.05) is 42.7 Å². The number of hydrogen-bond acceptors (Lipinski definition) is 4. The third-order valence-corrected chi connectivity index (χ3v) is 9.19. The molecule has 2 saturated heterocycles. The van der Waals surface area contributed by atoms with E-state index in [1.807, 2.05) is 16.7 Å². The monoisotopic (exact) mass is 444 g/mol. The van der Waals surface area contributed by atoms with E-state index in [1.54, 1.807) is 24.3 Å². The summed E-state index contributed by atoms with van der Waals surface area (Å²) in [5, 5.41) is 0.400.